The lowest BCUT2D eigenvalue weighted by Gasteiger charge is -2.31. The van der Waals surface area contributed by atoms with Crippen molar-refractivity contribution in [2.45, 2.75) is 45.4 Å². The number of Topliss-reactive ketones (excluding diaryl/α,β-unsaturated/α-hetero) is 1. The molecule has 1 atom stereocenters. The third-order valence-electron chi connectivity index (χ3n) is 6.53. The minimum atomic E-state index is -0.480. The number of ether oxygens (including phenoxy) is 1. The molecule has 1 aliphatic carbocycles. The van der Waals surface area contributed by atoms with Crippen LogP contribution in [0, 0.1) is 11.3 Å². The van der Waals surface area contributed by atoms with Crippen LogP contribution in [0.5, 0.6) is 0 Å². The highest BCUT2D eigenvalue weighted by Gasteiger charge is 2.36. The van der Waals surface area contributed by atoms with E-state index in [1.807, 2.05) is 0 Å². The van der Waals surface area contributed by atoms with Gasteiger partial charge in [0.25, 0.3) is 5.89 Å². The van der Waals surface area contributed by atoms with Crippen molar-refractivity contribution in [1.82, 2.24) is 20.2 Å². The highest BCUT2D eigenvalue weighted by molar-refractivity contribution is 5.97. The third kappa shape index (κ3) is 5.32. The summed E-state index contributed by atoms with van der Waals surface area (Å²) in [5, 5.41) is 2.72. The summed E-state index contributed by atoms with van der Waals surface area (Å²) < 4.78 is 10.8. The summed E-state index contributed by atoms with van der Waals surface area (Å²) in [4.78, 5) is 48.4. The van der Waals surface area contributed by atoms with Crippen molar-refractivity contribution in [2.24, 2.45) is 11.3 Å². The fourth-order valence-electron chi connectivity index (χ4n) is 4.71. The molecule has 1 saturated heterocycles. The first-order valence-electron chi connectivity index (χ1n) is 11.3. The molecule has 2 aliphatic rings. The average molecular weight is 443 g/mol. The normalized spacial score (nSPS) is 19.1. The predicted molar refractivity (Wildman–Crippen MR) is 116 cm³/mol. The van der Waals surface area contributed by atoms with Crippen LogP contribution in [0.4, 0.5) is 0 Å². The van der Waals surface area contributed by atoms with Crippen molar-refractivity contribution < 1.29 is 23.5 Å². The van der Waals surface area contributed by atoms with E-state index in [0.29, 0.717) is 44.0 Å². The van der Waals surface area contributed by atoms with Gasteiger partial charge in [-0.25, -0.2) is 4.98 Å². The molecule has 2 amide bonds. The third-order valence-corrected chi connectivity index (χ3v) is 6.53. The molecule has 1 N–H and O–H groups in total. The van der Waals surface area contributed by atoms with Crippen LogP contribution in [0.1, 0.15) is 56.1 Å². The number of hydrogen-bond acceptors (Lipinski definition) is 7. The molecule has 9 heteroatoms. The maximum atomic E-state index is 13.1. The second-order valence-corrected chi connectivity index (χ2v) is 9.10. The number of nitrogens with one attached hydrogen (secondary N) is 1. The molecule has 3 heterocycles. The Morgan fingerprint density at radius 1 is 1.22 bits per heavy atom. The van der Waals surface area contributed by atoms with Crippen molar-refractivity contribution in [1.29, 1.82) is 0 Å². The van der Waals surface area contributed by atoms with Crippen molar-refractivity contribution >= 4 is 28.8 Å². The summed E-state index contributed by atoms with van der Waals surface area (Å²) >= 11 is 0. The van der Waals surface area contributed by atoms with Gasteiger partial charge in [0.15, 0.2) is 11.2 Å². The smallest absolute Gasteiger partial charge is 0.267 e. The highest BCUT2D eigenvalue weighted by Crippen LogP contribution is 2.43. The second-order valence-electron chi connectivity index (χ2n) is 9.10. The quantitative estimate of drug-likeness (QED) is 0.624. The zero-order valence-corrected chi connectivity index (χ0v) is 18.5. The number of nitrogens with zero attached hydrogens (tertiary/aromatic N) is 3. The van der Waals surface area contributed by atoms with Gasteiger partial charge in [0.1, 0.15) is 0 Å². The van der Waals surface area contributed by atoms with E-state index < -0.39 is 11.7 Å². The molecule has 1 unspecified atom stereocenters. The second kappa shape index (κ2) is 9.77. The molecule has 2 aromatic heterocycles. The lowest BCUT2D eigenvalue weighted by molar-refractivity contribution is -0.140. The number of carbonyl (C=O) groups excluding carboxylic acids is 3. The Labute approximate surface area is 186 Å². The van der Waals surface area contributed by atoms with E-state index in [4.69, 9.17) is 9.15 Å². The molecule has 2 fully saturated rings. The standard InChI is InChI=1S/C23H30N4O5/c1-23(6-2-3-7-23)14-16(13-19(29)27-9-11-31-12-10-27)21(30)25-15-17(28)22-26-20-18(32-22)5-4-8-24-20/h4-5,8,16H,2-3,6-7,9-15H2,1H3,(H,25,30). The number of morpholine rings is 1. The molecule has 1 aliphatic heterocycles. The summed E-state index contributed by atoms with van der Waals surface area (Å²) in [6, 6.07) is 3.38. The fourth-order valence-corrected chi connectivity index (χ4v) is 4.71. The number of carbonyl (C=O) groups is 3. The van der Waals surface area contributed by atoms with Gasteiger partial charge in [-0.15, -0.1) is 0 Å². The largest absolute Gasteiger partial charge is 0.432 e. The number of fused-ring (bicyclic) bond motifs is 1. The summed E-state index contributed by atoms with van der Waals surface area (Å²) in [6.45, 7) is 4.10. The molecule has 0 spiro atoms. The number of ketones is 1. The van der Waals surface area contributed by atoms with Crippen molar-refractivity contribution in [3.63, 3.8) is 0 Å². The van der Waals surface area contributed by atoms with Crippen molar-refractivity contribution in [3.05, 3.63) is 24.2 Å². The van der Waals surface area contributed by atoms with Crippen LogP contribution < -0.4 is 5.32 Å². The van der Waals surface area contributed by atoms with E-state index in [2.05, 4.69) is 22.2 Å². The van der Waals surface area contributed by atoms with Crippen LogP contribution in [0.25, 0.3) is 11.2 Å². The Morgan fingerprint density at radius 3 is 2.69 bits per heavy atom. The Morgan fingerprint density at radius 2 is 1.97 bits per heavy atom. The van der Waals surface area contributed by atoms with Crippen LogP contribution in [-0.2, 0) is 14.3 Å². The van der Waals surface area contributed by atoms with Crippen LogP contribution in [0.3, 0.4) is 0 Å². The summed E-state index contributed by atoms with van der Waals surface area (Å²) in [5.74, 6) is -1.30. The predicted octanol–water partition coefficient (Wildman–Crippen LogP) is 2.36. The molecule has 0 aromatic carbocycles. The number of pyridine rings is 1. The van der Waals surface area contributed by atoms with E-state index in [9.17, 15) is 14.4 Å². The molecular formula is C23H30N4O5. The molecular weight excluding hydrogens is 412 g/mol. The number of amides is 2. The summed E-state index contributed by atoms with van der Waals surface area (Å²) in [6.07, 6.45) is 6.74. The monoisotopic (exact) mass is 442 g/mol. The van der Waals surface area contributed by atoms with Gasteiger partial charge < -0.3 is 19.4 Å². The van der Waals surface area contributed by atoms with Crippen molar-refractivity contribution in [2.75, 3.05) is 32.8 Å². The lowest BCUT2D eigenvalue weighted by atomic mass is 9.78. The topological polar surface area (TPSA) is 115 Å². The molecule has 0 bridgehead atoms. The van der Waals surface area contributed by atoms with Gasteiger partial charge in [-0.2, -0.15) is 4.98 Å². The minimum Gasteiger partial charge on any atom is -0.432 e. The first kappa shape index (κ1) is 22.4. The van der Waals surface area contributed by atoms with Gasteiger partial charge in [-0.3, -0.25) is 14.4 Å². The fraction of sp³-hybridized carbons (Fsp3) is 0.609. The number of oxazole rings is 1. The Balaban J connectivity index is 1.40. The van der Waals surface area contributed by atoms with E-state index in [1.54, 1.807) is 23.2 Å². The van der Waals surface area contributed by atoms with Crippen LogP contribution >= 0.6 is 0 Å². The maximum absolute atomic E-state index is 13.1. The van der Waals surface area contributed by atoms with E-state index in [-0.39, 0.29) is 36.1 Å². The molecule has 9 nitrogen and oxygen atoms in total. The molecule has 32 heavy (non-hydrogen) atoms. The molecule has 172 valence electrons. The maximum Gasteiger partial charge on any atom is 0.267 e. The van der Waals surface area contributed by atoms with Crippen LogP contribution in [0.2, 0.25) is 0 Å². The van der Waals surface area contributed by atoms with Crippen LogP contribution in [-0.4, -0.2) is 65.3 Å². The van der Waals surface area contributed by atoms with Gasteiger partial charge in [0.05, 0.1) is 19.8 Å². The molecule has 4 rings (SSSR count). The zero-order valence-electron chi connectivity index (χ0n) is 18.5. The highest BCUT2D eigenvalue weighted by atomic mass is 16.5. The van der Waals surface area contributed by atoms with Gasteiger partial charge >= 0.3 is 0 Å². The van der Waals surface area contributed by atoms with Gasteiger partial charge in [-0.1, -0.05) is 19.8 Å². The van der Waals surface area contributed by atoms with E-state index in [1.165, 1.54) is 0 Å². The molecule has 0 radical (unpaired) electrons. The van der Waals surface area contributed by atoms with Gasteiger partial charge in [0, 0.05) is 31.6 Å². The Kier molecular flexibility index (Phi) is 6.83. The Bertz CT molecular complexity index is 943. The number of hydrogen-bond donors (Lipinski definition) is 1. The molecule has 2 aromatic rings. The lowest BCUT2D eigenvalue weighted by Crippen LogP contribution is -2.44. The average Bonchev–Trinajstić information content (AvgIpc) is 3.43. The number of rotatable bonds is 8. The summed E-state index contributed by atoms with van der Waals surface area (Å²) in [5.41, 5.74) is 0.819. The van der Waals surface area contributed by atoms with Crippen molar-refractivity contribution in [3.8, 4) is 0 Å². The van der Waals surface area contributed by atoms with E-state index >= 15 is 0 Å². The zero-order chi connectivity index (χ0) is 22.6. The minimum absolute atomic E-state index is 0.0357. The SMILES string of the molecule is CC1(CC(CC(=O)N2CCOCC2)C(=O)NCC(=O)c2nc3ncccc3o2)CCCC1. The first-order chi connectivity index (χ1) is 15.4. The summed E-state index contributed by atoms with van der Waals surface area (Å²) in [7, 11) is 0. The number of aromatic nitrogens is 2. The Hall–Kier alpha value is -2.81. The van der Waals surface area contributed by atoms with E-state index in [0.717, 1.165) is 25.7 Å². The van der Waals surface area contributed by atoms with Gasteiger partial charge in [0.2, 0.25) is 17.6 Å². The van der Waals surface area contributed by atoms with Crippen LogP contribution in [0.15, 0.2) is 22.7 Å². The first-order valence-corrected chi connectivity index (χ1v) is 11.3. The molecule has 1 saturated carbocycles. The van der Waals surface area contributed by atoms with Gasteiger partial charge in [-0.05, 0) is 36.8 Å².